The van der Waals surface area contributed by atoms with Crippen LogP contribution in [0.25, 0.3) is 0 Å². The third-order valence-corrected chi connectivity index (χ3v) is 2.53. The molecule has 0 atom stereocenters. The van der Waals surface area contributed by atoms with Crippen LogP contribution in [0.4, 0.5) is 11.4 Å². The summed E-state index contributed by atoms with van der Waals surface area (Å²) in [5.41, 5.74) is 7.49. The molecule has 0 radical (unpaired) electrons. The highest BCUT2D eigenvalue weighted by Crippen LogP contribution is 2.26. The van der Waals surface area contributed by atoms with Gasteiger partial charge in [-0.3, -0.25) is 5.10 Å². The number of rotatable bonds is 6. The van der Waals surface area contributed by atoms with Crippen molar-refractivity contribution >= 4 is 11.4 Å². The van der Waals surface area contributed by atoms with E-state index in [4.69, 9.17) is 10.5 Å². The summed E-state index contributed by atoms with van der Waals surface area (Å²) in [5.74, 6) is 1.57. The van der Waals surface area contributed by atoms with Crippen LogP contribution in [0.15, 0.2) is 24.5 Å². The number of nitrogens with one attached hydrogen (secondary N) is 2. The van der Waals surface area contributed by atoms with Gasteiger partial charge in [-0.1, -0.05) is 0 Å². The van der Waals surface area contributed by atoms with Gasteiger partial charge in [-0.25, -0.2) is 4.98 Å². The molecule has 2 aromatic rings. The van der Waals surface area contributed by atoms with Crippen molar-refractivity contribution < 1.29 is 4.74 Å². The van der Waals surface area contributed by atoms with Gasteiger partial charge < -0.3 is 15.8 Å². The molecule has 0 aliphatic carbocycles. The molecule has 4 N–H and O–H groups in total. The summed E-state index contributed by atoms with van der Waals surface area (Å²) in [5, 5.41) is 9.93. The van der Waals surface area contributed by atoms with Crippen molar-refractivity contribution in [3.63, 3.8) is 0 Å². The molecule has 1 aromatic carbocycles. The molecule has 0 bridgehead atoms. The van der Waals surface area contributed by atoms with Crippen molar-refractivity contribution in [3.8, 4) is 5.75 Å². The smallest absolute Gasteiger partial charge is 0.144 e. The number of aromatic amines is 1. The highest BCUT2D eigenvalue weighted by atomic mass is 16.5. The summed E-state index contributed by atoms with van der Waals surface area (Å²) in [6, 6.07) is 5.69. The molecule has 2 rings (SSSR count). The van der Waals surface area contributed by atoms with E-state index >= 15 is 0 Å². The van der Waals surface area contributed by atoms with Gasteiger partial charge in [0.2, 0.25) is 0 Å². The SMILES string of the molecule is CC(C)Oc1cc(NCCc2ncn[nH]2)ccc1N. The van der Waals surface area contributed by atoms with Crippen molar-refractivity contribution in [1.29, 1.82) is 0 Å². The number of hydrogen-bond donors (Lipinski definition) is 3. The molecule has 0 aliphatic heterocycles. The molecular formula is C13H19N5O. The standard InChI is InChI=1S/C13H19N5O/c1-9(2)19-12-7-10(3-4-11(12)14)15-6-5-13-16-8-17-18-13/h3-4,7-9,15H,5-6,14H2,1-2H3,(H,16,17,18). The Kier molecular flexibility index (Phi) is 4.22. The summed E-state index contributed by atoms with van der Waals surface area (Å²) in [4.78, 5) is 4.07. The maximum Gasteiger partial charge on any atom is 0.144 e. The van der Waals surface area contributed by atoms with Crippen LogP contribution in [0, 0.1) is 0 Å². The Labute approximate surface area is 112 Å². The van der Waals surface area contributed by atoms with Crippen LogP contribution in [0.1, 0.15) is 19.7 Å². The molecule has 0 saturated carbocycles. The molecule has 0 fully saturated rings. The van der Waals surface area contributed by atoms with Gasteiger partial charge >= 0.3 is 0 Å². The molecule has 0 aliphatic rings. The zero-order chi connectivity index (χ0) is 13.7. The maximum atomic E-state index is 5.87. The van der Waals surface area contributed by atoms with E-state index in [1.165, 1.54) is 6.33 Å². The predicted octanol–water partition coefficient (Wildman–Crippen LogP) is 1.83. The average molecular weight is 261 g/mol. The molecule has 6 heteroatoms. The summed E-state index contributed by atoms with van der Waals surface area (Å²) < 4.78 is 5.64. The normalized spacial score (nSPS) is 10.7. The van der Waals surface area contributed by atoms with Gasteiger partial charge in [0.15, 0.2) is 0 Å². The van der Waals surface area contributed by atoms with E-state index in [-0.39, 0.29) is 6.10 Å². The van der Waals surface area contributed by atoms with Crippen LogP contribution in [0.5, 0.6) is 5.75 Å². The van der Waals surface area contributed by atoms with E-state index in [1.54, 1.807) is 0 Å². The minimum atomic E-state index is 0.103. The van der Waals surface area contributed by atoms with Gasteiger partial charge in [0.05, 0.1) is 11.8 Å². The fourth-order valence-corrected chi connectivity index (χ4v) is 1.68. The van der Waals surface area contributed by atoms with Crippen LogP contribution in [-0.2, 0) is 6.42 Å². The fraction of sp³-hybridized carbons (Fsp3) is 0.385. The Morgan fingerprint density at radius 1 is 1.42 bits per heavy atom. The zero-order valence-electron chi connectivity index (χ0n) is 11.2. The lowest BCUT2D eigenvalue weighted by Crippen LogP contribution is -2.09. The molecule has 6 nitrogen and oxygen atoms in total. The molecular weight excluding hydrogens is 242 g/mol. The Hall–Kier alpha value is -2.24. The third-order valence-electron chi connectivity index (χ3n) is 2.53. The van der Waals surface area contributed by atoms with Gasteiger partial charge in [0.1, 0.15) is 17.9 Å². The van der Waals surface area contributed by atoms with Crippen LogP contribution < -0.4 is 15.8 Å². The summed E-state index contributed by atoms with van der Waals surface area (Å²) in [7, 11) is 0. The molecule has 0 amide bonds. The second kappa shape index (κ2) is 6.08. The van der Waals surface area contributed by atoms with E-state index in [1.807, 2.05) is 32.0 Å². The quantitative estimate of drug-likeness (QED) is 0.690. The molecule has 1 aromatic heterocycles. The van der Waals surface area contributed by atoms with Gasteiger partial charge in [-0.2, -0.15) is 5.10 Å². The number of nitrogens with two attached hydrogens (primary N) is 1. The molecule has 102 valence electrons. The van der Waals surface area contributed by atoms with Crippen LogP contribution in [0.3, 0.4) is 0 Å². The molecule has 0 unspecified atom stereocenters. The number of benzene rings is 1. The first kappa shape index (κ1) is 13.2. The van der Waals surface area contributed by atoms with Crippen LogP contribution in [-0.4, -0.2) is 27.8 Å². The Morgan fingerprint density at radius 3 is 2.95 bits per heavy atom. The maximum absolute atomic E-state index is 5.87. The fourth-order valence-electron chi connectivity index (χ4n) is 1.68. The van der Waals surface area contributed by atoms with E-state index in [0.717, 1.165) is 24.5 Å². The largest absolute Gasteiger partial charge is 0.489 e. The lowest BCUT2D eigenvalue weighted by atomic mass is 10.2. The van der Waals surface area contributed by atoms with Gasteiger partial charge in [0.25, 0.3) is 0 Å². The monoisotopic (exact) mass is 261 g/mol. The van der Waals surface area contributed by atoms with Crippen molar-refractivity contribution in [2.24, 2.45) is 0 Å². The summed E-state index contributed by atoms with van der Waals surface area (Å²) >= 11 is 0. The van der Waals surface area contributed by atoms with Gasteiger partial charge in [-0.05, 0) is 26.0 Å². The molecule has 1 heterocycles. The summed E-state index contributed by atoms with van der Waals surface area (Å²) in [6.45, 7) is 4.72. The van der Waals surface area contributed by atoms with E-state index in [2.05, 4.69) is 20.5 Å². The first-order chi connectivity index (χ1) is 9.15. The topological polar surface area (TPSA) is 88.8 Å². The van der Waals surface area contributed by atoms with E-state index in [0.29, 0.717) is 11.4 Å². The number of nitrogens with zero attached hydrogens (tertiary/aromatic N) is 2. The second-order valence-corrected chi connectivity index (χ2v) is 4.53. The Bertz CT molecular complexity index is 510. The third kappa shape index (κ3) is 3.87. The lowest BCUT2D eigenvalue weighted by molar-refractivity contribution is 0.244. The first-order valence-electron chi connectivity index (χ1n) is 6.29. The van der Waals surface area contributed by atoms with E-state index in [9.17, 15) is 0 Å². The van der Waals surface area contributed by atoms with Crippen molar-refractivity contribution in [2.75, 3.05) is 17.6 Å². The van der Waals surface area contributed by atoms with Crippen molar-refractivity contribution in [3.05, 3.63) is 30.4 Å². The minimum absolute atomic E-state index is 0.103. The lowest BCUT2D eigenvalue weighted by Gasteiger charge is -2.14. The number of aromatic nitrogens is 3. The average Bonchev–Trinajstić information content (AvgIpc) is 2.86. The Morgan fingerprint density at radius 2 is 2.26 bits per heavy atom. The number of nitrogen functional groups attached to an aromatic ring is 1. The van der Waals surface area contributed by atoms with Gasteiger partial charge in [0, 0.05) is 24.7 Å². The minimum Gasteiger partial charge on any atom is -0.489 e. The number of anilines is 2. The Balaban J connectivity index is 1.93. The zero-order valence-corrected chi connectivity index (χ0v) is 11.2. The van der Waals surface area contributed by atoms with Crippen LogP contribution in [0.2, 0.25) is 0 Å². The molecule has 0 spiro atoms. The number of ether oxygens (including phenoxy) is 1. The van der Waals surface area contributed by atoms with Crippen LogP contribution >= 0.6 is 0 Å². The van der Waals surface area contributed by atoms with Gasteiger partial charge in [-0.15, -0.1) is 0 Å². The highest BCUT2D eigenvalue weighted by molar-refractivity contribution is 5.61. The predicted molar refractivity (Wildman–Crippen MR) is 75.2 cm³/mol. The molecule has 19 heavy (non-hydrogen) atoms. The number of hydrogen-bond acceptors (Lipinski definition) is 5. The first-order valence-corrected chi connectivity index (χ1v) is 6.29. The second-order valence-electron chi connectivity index (χ2n) is 4.53. The van der Waals surface area contributed by atoms with Crippen molar-refractivity contribution in [2.45, 2.75) is 26.4 Å². The molecule has 0 saturated heterocycles. The number of H-pyrrole nitrogens is 1. The van der Waals surface area contributed by atoms with E-state index < -0.39 is 0 Å². The highest BCUT2D eigenvalue weighted by Gasteiger charge is 2.04. The van der Waals surface area contributed by atoms with Crippen molar-refractivity contribution in [1.82, 2.24) is 15.2 Å². The summed E-state index contributed by atoms with van der Waals surface area (Å²) in [6.07, 6.45) is 2.39.